The van der Waals surface area contributed by atoms with E-state index in [1.54, 1.807) is 23.6 Å². The molecule has 2 aromatic heterocycles. The number of alkyl halides is 2. The molecule has 2 aromatic carbocycles. The van der Waals surface area contributed by atoms with Crippen molar-refractivity contribution in [2.45, 2.75) is 26.6 Å². The number of aromatic nitrogens is 2. The topological polar surface area (TPSA) is 73.3 Å². The second kappa shape index (κ2) is 10.5. The molecule has 0 aliphatic heterocycles. The summed E-state index contributed by atoms with van der Waals surface area (Å²) in [6.45, 7) is -0.602. The lowest BCUT2D eigenvalue weighted by Crippen LogP contribution is -2.14. The van der Waals surface area contributed by atoms with E-state index in [1.165, 1.54) is 28.7 Å². The van der Waals surface area contributed by atoms with Gasteiger partial charge in [-0.05, 0) is 31.2 Å². The van der Waals surface area contributed by atoms with Gasteiger partial charge in [0.05, 0.1) is 17.8 Å². The number of amides is 1. The standard InChI is InChI=1S/C23H19F2N3O3S2/c1-14-6-8-16(9-7-14)30-11-21-26-15(12-32-21)10-20(29)28-23-27-18(13-33-23)17-4-2-3-5-19(17)31-22(24)25/h2-9,12-13,22H,10-11H2,1H3,(H,27,28,29). The molecule has 2 heterocycles. The lowest BCUT2D eigenvalue weighted by molar-refractivity contribution is -0.115. The number of aryl methyl sites for hydroxylation is 1. The van der Waals surface area contributed by atoms with E-state index >= 15 is 0 Å². The molecule has 0 aliphatic carbocycles. The Morgan fingerprint density at radius 3 is 2.64 bits per heavy atom. The minimum absolute atomic E-state index is 0.0264. The van der Waals surface area contributed by atoms with E-state index in [-0.39, 0.29) is 18.1 Å². The van der Waals surface area contributed by atoms with E-state index in [4.69, 9.17) is 4.74 Å². The molecular formula is C23H19F2N3O3S2. The average molecular weight is 488 g/mol. The fraction of sp³-hybridized carbons (Fsp3) is 0.174. The number of carbonyl (C=O) groups excluding carboxylic acids is 1. The Labute approximate surface area is 196 Å². The van der Waals surface area contributed by atoms with E-state index in [9.17, 15) is 13.6 Å². The molecule has 33 heavy (non-hydrogen) atoms. The first-order chi connectivity index (χ1) is 16.0. The van der Waals surface area contributed by atoms with Crippen LogP contribution >= 0.6 is 22.7 Å². The van der Waals surface area contributed by atoms with Crippen LogP contribution in [-0.4, -0.2) is 22.5 Å². The minimum Gasteiger partial charge on any atom is -0.486 e. The highest BCUT2D eigenvalue weighted by Crippen LogP contribution is 2.33. The number of nitrogens with zero attached hydrogens (tertiary/aromatic N) is 2. The lowest BCUT2D eigenvalue weighted by atomic mass is 10.1. The van der Waals surface area contributed by atoms with Crippen LogP contribution in [0.4, 0.5) is 13.9 Å². The highest BCUT2D eigenvalue weighted by atomic mass is 32.1. The molecule has 4 rings (SSSR count). The molecule has 10 heteroatoms. The number of ether oxygens (including phenoxy) is 2. The average Bonchev–Trinajstić information content (AvgIpc) is 3.43. The molecule has 0 fully saturated rings. The molecule has 0 aliphatic rings. The summed E-state index contributed by atoms with van der Waals surface area (Å²) in [6.07, 6.45) is 0.0844. The first-order valence-electron chi connectivity index (χ1n) is 9.88. The predicted octanol–water partition coefficient (Wildman–Crippen LogP) is 5.94. The summed E-state index contributed by atoms with van der Waals surface area (Å²) < 4.78 is 35.6. The van der Waals surface area contributed by atoms with Gasteiger partial charge in [0.25, 0.3) is 0 Å². The van der Waals surface area contributed by atoms with Gasteiger partial charge in [0.1, 0.15) is 23.1 Å². The third kappa shape index (κ3) is 6.33. The summed E-state index contributed by atoms with van der Waals surface area (Å²) >= 11 is 2.62. The van der Waals surface area contributed by atoms with E-state index in [0.29, 0.717) is 28.7 Å². The predicted molar refractivity (Wildman–Crippen MR) is 124 cm³/mol. The second-order valence-corrected chi connectivity index (χ2v) is 8.77. The van der Waals surface area contributed by atoms with Crippen molar-refractivity contribution >= 4 is 33.7 Å². The van der Waals surface area contributed by atoms with Gasteiger partial charge in [0.15, 0.2) is 5.13 Å². The van der Waals surface area contributed by atoms with Gasteiger partial charge in [-0.3, -0.25) is 4.79 Å². The van der Waals surface area contributed by atoms with Crippen LogP contribution in [0, 0.1) is 6.92 Å². The van der Waals surface area contributed by atoms with Gasteiger partial charge in [0.2, 0.25) is 5.91 Å². The number of anilines is 1. The summed E-state index contributed by atoms with van der Waals surface area (Å²) in [5.41, 5.74) is 2.65. The number of halogens is 2. The zero-order chi connectivity index (χ0) is 23.2. The summed E-state index contributed by atoms with van der Waals surface area (Å²) in [7, 11) is 0. The summed E-state index contributed by atoms with van der Waals surface area (Å²) in [5, 5.41) is 7.35. The summed E-state index contributed by atoms with van der Waals surface area (Å²) in [4.78, 5) is 21.2. The quantitative estimate of drug-likeness (QED) is 0.316. The molecule has 1 amide bonds. The highest BCUT2D eigenvalue weighted by Gasteiger charge is 2.15. The van der Waals surface area contributed by atoms with Gasteiger partial charge in [-0.2, -0.15) is 8.78 Å². The van der Waals surface area contributed by atoms with E-state index in [1.807, 2.05) is 36.6 Å². The number of hydrogen-bond donors (Lipinski definition) is 1. The Morgan fingerprint density at radius 1 is 1.06 bits per heavy atom. The second-order valence-electron chi connectivity index (χ2n) is 6.97. The number of benzene rings is 2. The maximum atomic E-state index is 12.6. The number of carbonyl (C=O) groups is 1. The van der Waals surface area contributed by atoms with Crippen LogP contribution in [0.1, 0.15) is 16.3 Å². The van der Waals surface area contributed by atoms with E-state index in [2.05, 4.69) is 20.0 Å². The molecule has 0 bridgehead atoms. The number of hydrogen-bond acceptors (Lipinski definition) is 7. The molecule has 170 valence electrons. The monoisotopic (exact) mass is 487 g/mol. The van der Waals surface area contributed by atoms with Crippen LogP contribution in [0.2, 0.25) is 0 Å². The SMILES string of the molecule is Cc1ccc(OCc2nc(CC(=O)Nc3nc(-c4ccccc4OC(F)F)cs3)cs2)cc1. The molecular weight excluding hydrogens is 468 g/mol. The Kier molecular flexibility index (Phi) is 7.26. The number of rotatable bonds is 9. The molecule has 0 radical (unpaired) electrons. The van der Waals surface area contributed by atoms with Gasteiger partial charge in [-0.25, -0.2) is 9.97 Å². The Morgan fingerprint density at radius 2 is 1.85 bits per heavy atom. The number of para-hydroxylation sites is 1. The van der Waals surface area contributed by atoms with Crippen LogP contribution in [0.3, 0.4) is 0 Å². The van der Waals surface area contributed by atoms with Crippen LogP contribution < -0.4 is 14.8 Å². The summed E-state index contributed by atoms with van der Waals surface area (Å²) in [6, 6.07) is 14.1. The van der Waals surface area contributed by atoms with Gasteiger partial charge >= 0.3 is 6.61 Å². The molecule has 1 N–H and O–H groups in total. The Balaban J connectivity index is 1.33. The van der Waals surface area contributed by atoms with Crippen molar-refractivity contribution in [2.75, 3.05) is 5.32 Å². The molecule has 0 atom stereocenters. The number of thiazole rings is 2. The largest absolute Gasteiger partial charge is 0.486 e. The first kappa shape index (κ1) is 22.8. The van der Waals surface area contributed by atoms with Crippen LogP contribution in [0.5, 0.6) is 11.5 Å². The minimum atomic E-state index is -2.94. The fourth-order valence-electron chi connectivity index (χ4n) is 2.94. The first-order valence-corrected chi connectivity index (χ1v) is 11.6. The number of nitrogens with one attached hydrogen (secondary N) is 1. The van der Waals surface area contributed by atoms with Gasteiger partial charge in [-0.1, -0.05) is 29.8 Å². The molecule has 0 unspecified atom stereocenters. The molecule has 0 spiro atoms. The zero-order valence-corrected chi connectivity index (χ0v) is 19.1. The van der Waals surface area contributed by atoms with Gasteiger partial charge in [-0.15, -0.1) is 22.7 Å². The van der Waals surface area contributed by atoms with Crippen molar-refractivity contribution in [1.82, 2.24) is 9.97 Å². The maximum absolute atomic E-state index is 12.6. The highest BCUT2D eigenvalue weighted by molar-refractivity contribution is 7.14. The van der Waals surface area contributed by atoms with Crippen LogP contribution in [0.15, 0.2) is 59.3 Å². The molecule has 0 saturated heterocycles. The Bertz CT molecular complexity index is 1230. The molecule has 0 saturated carbocycles. The maximum Gasteiger partial charge on any atom is 0.387 e. The van der Waals surface area contributed by atoms with Crippen molar-refractivity contribution in [1.29, 1.82) is 0 Å². The third-order valence-corrected chi connectivity index (χ3v) is 6.08. The fourth-order valence-corrected chi connectivity index (χ4v) is 4.37. The van der Waals surface area contributed by atoms with Gasteiger partial charge in [0, 0.05) is 16.3 Å². The van der Waals surface area contributed by atoms with Gasteiger partial charge < -0.3 is 14.8 Å². The van der Waals surface area contributed by atoms with Crippen molar-refractivity contribution in [3.8, 4) is 22.8 Å². The normalized spacial score (nSPS) is 10.9. The molecule has 6 nitrogen and oxygen atoms in total. The van der Waals surface area contributed by atoms with E-state index < -0.39 is 6.61 Å². The van der Waals surface area contributed by atoms with Crippen LogP contribution in [-0.2, 0) is 17.8 Å². The van der Waals surface area contributed by atoms with Crippen molar-refractivity contribution in [2.24, 2.45) is 0 Å². The Hall–Kier alpha value is -3.37. The summed E-state index contributed by atoms with van der Waals surface area (Å²) in [5.74, 6) is 0.512. The zero-order valence-electron chi connectivity index (χ0n) is 17.5. The lowest BCUT2D eigenvalue weighted by Gasteiger charge is -2.08. The third-order valence-electron chi connectivity index (χ3n) is 4.45. The van der Waals surface area contributed by atoms with Crippen molar-refractivity contribution < 1.29 is 23.0 Å². The van der Waals surface area contributed by atoms with Crippen molar-refractivity contribution in [3.63, 3.8) is 0 Å². The smallest absolute Gasteiger partial charge is 0.387 e. The van der Waals surface area contributed by atoms with E-state index in [0.717, 1.165) is 16.3 Å². The van der Waals surface area contributed by atoms with Crippen LogP contribution in [0.25, 0.3) is 11.3 Å². The molecule has 4 aromatic rings. The van der Waals surface area contributed by atoms with Crippen molar-refractivity contribution in [3.05, 3.63) is 75.6 Å².